The molecule has 0 aliphatic rings. The maximum Gasteiger partial charge on any atom is 0.326 e. The Kier molecular flexibility index (Phi) is 5.39. The van der Waals surface area contributed by atoms with Crippen LogP contribution in [0, 0.1) is 6.92 Å². The first-order valence-corrected chi connectivity index (χ1v) is 10.00. The van der Waals surface area contributed by atoms with Gasteiger partial charge in [0.05, 0.1) is 17.7 Å². The zero-order chi connectivity index (χ0) is 19.6. The molecule has 0 heterocycles. The van der Waals surface area contributed by atoms with Crippen LogP contribution in [0.1, 0.15) is 5.56 Å². The zero-order valence-electron chi connectivity index (χ0n) is 14.8. The Morgan fingerprint density at radius 3 is 2.44 bits per heavy atom. The van der Waals surface area contributed by atoms with E-state index >= 15 is 0 Å². The molecule has 0 atom stereocenters. The molecule has 3 aromatic rings. The van der Waals surface area contributed by atoms with Crippen LogP contribution in [0.15, 0.2) is 65.6 Å². The number of carbonyl (C=O) groups excluding carboxylic acids is 1. The normalized spacial score (nSPS) is 11.4. The molecule has 0 N–H and O–H groups in total. The van der Waals surface area contributed by atoms with Gasteiger partial charge in [0.25, 0.3) is 10.0 Å². The molecule has 0 spiro atoms. The van der Waals surface area contributed by atoms with Gasteiger partial charge in [0.1, 0.15) is 6.54 Å². The number of anilines is 1. The first-order chi connectivity index (χ1) is 12.8. The van der Waals surface area contributed by atoms with Crippen LogP contribution in [0.25, 0.3) is 10.8 Å². The number of hydrogen-bond acceptors (Lipinski definition) is 4. The number of rotatable bonds is 5. The summed E-state index contributed by atoms with van der Waals surface area (Å²) in [6, 6.07) is 17.2. The summed E-state index contributed by atoms with van der Waals surface area (Å²) in [5.41, 5.74) is 0.897. The van der Waals surface area contributed by atoms with Crippen molar-refractivity contribution < 1.29 is 17.9 Å². The number of benzene rings is 3. The van der Waals surface area contributed by atoms with Gasteiger partial charge in [0, 0.05) is 5.02 Å². The van der Waals surface area contributed by atoms with Crippen LogP contribution in [0.4, 0.5) is 5.69 Å². The second kappa shape index (κ2) is 7.58. The number of fused-ring (bicyclic) bond motifs is 1. The van der Waals surface area contributed by atoms with Crippen molar-refractivity contribution in [1.29, 1.82) is 0 Å². The van der Waals surface area contributed by atoms with Crippen molar-refractivity contribution >= 4 is 44.1 Å². The maximum absolute atomic E-state index is 13.4. The van der Waals surface area contributed by atoms with Gasteiger partial charge in [-0.05, 0) is 47.5 Å². The summed E-state index contributed by atoms with van der Waals surface area (Å²) < 4.78 is 32.5. The van der Waals surface area contributed by atoms with E-state index in [2.05, 4.69) is 0 Å². The number of sulfonamides is 1. The Bertz CT molecular complexity index is 1110. The van der Waals surface area contributed by atoms with Gasteiger partial charge >= 0.3 is 5.97 Å². The summed E-state index contributed by atoms with van der Waals surface area (Å²) in [6.45, 7) is 1.25. The van der Waals surface area contributed by atoms with Gasteiger partial charge in [-0.3, -0.25) is 9.10 Å². The van der Waals surface area contributed by atoms with E-state index in [1.54, 1.807) is 37.3 Å². The molecule has 0 saturated carbocycles. The molecule has 140 valence electrons. The number of carbonyl (C=O) groups is 1. The SMILES string of the molecule is COC(=O)CN(c1cccc(Cl)c1C)S(=O)(=O)c1ccc2ccccc2c1. The molecule has 0 aliphatic heterocycles. The average molecular weight is 404 g/mol. The third-order valence-corrected chi connectivity index (χ3v) is 6.48. The molecule has 3 rings (SSSR count). The fraction of sp³-hybridized carbons (Fsp3) is 0.150. The van der Waals surface area contributed by atoms with Gasteiger partial charge in [-0.25, -0.2) is 8.42 Å². The highest BCUT2D eigenvalue weighted by molar-refractivity contribution is 7.92. The number of hydrogen-bond donors (Lipinski definition) is 0. The molecule has 0 radical (unpaired) electrons. The Labute approximate surface area is 163 Å². The molecule has 0 aromatic heterocycles. The van der Waals surface area contributed by atoms with E-state index in [9.17, 15) is 13.2 Å². The Morgan fingerprint density at radius 1 is 1.04 bits per heavy atom. The van der Waals surface area contributed by atoms with Crippen molar-refractivity contribution in [2.45, 2.75) is 11.8 Å². The van der Waals surface area contributed by atoms with Crippen LogP contribution in [-0.2, 0) is 19.6 Å². The Balaban J connectivity index is 2.16. The number of ether oxygens (including phenoxy) is 1. The summed E-state index contributed by atoms with van der Waals surface area (Å²) in [4.78, 5) is 12.0. The minimum Gasteiger partial charge on any atom is -0.468 e. The highest BCUT2D eigenvalue weighted by Crippen LogP contribution is 2.31. The number of methoxy groups -OCH3 is 1. The van der Waals surface area contributed by atoms with Crippen LogP contribution < -0.4 is 4.31 Å². The van der Waals surface area contributed by atoms with E-state index in [1.807, 2.05) is 24.3 Å². The molecule has 0 amide bonds. The molecule has 7 heteroatoms. The number of nitrogens with zero attached hydrogens (tertiary/aromatic N) is 1. The highest BCUT2D eigenvalue weighted by atomic mass is 35.5. The molecule has 5 nitrogen and oxygen atoms in total. The largest absolute Gasteiger partial charge is 0.468 e. The van der Waals surface area contributed by atoms with Crippen molar-refractivity contribution in [2.24, 2.45) is 0 Å². The van der Waals surface area contributed by atoms with Crippen molar-refractivity contribution in [2.75, 3.05) is 18.0 Å². The molecule has 0 aliphatic carbocycles. The molecular formula is C20H18ClNO4S. The highest BCUT2D eigenvalue weighted by Gasteiger charge is 2.29. The summed E-state index contributed by atoms with van der Waals surface area (Å²) in [6.07, 6.45) is 0. The van der Waals surface area contributed by atoms with Crippen LogP contribution in [-0.4, -0.2) is 28.0 Å². The van der Waals surface area contributed by atoms with Gasteiger partial charge in [-0.2, -0.15) is 0 Å². The van der Waals surface area contributed by atoms with Crippen LogP contribution >= 0.6 is 11.6 Å². The molecule has 0 unspecified atom stereocenters. The molecule has 0 bridgehead atoms. The standard InChI is InChI=1S/C20H18ClNO4S/c1-14-18(21)8-5-9-19(14)22(13-20(23)26-2)27(24,25)17-11-10-15-6-3-4-7-16(15)12-17/h3-12H,13H2,1-2H3. The van der Waals surface area contributed by atoms with Crippen molar-refractivity contribution in [3.63, 3.8) is 0 Å². The lowest BCUT2D eigenvalue weighted by molar-refractivity contribution is -0.138. The first-order valence-electron chi connectivity index (χ1n) is 8.18. The molecule has 27 heavy (non-hydrogen) atoms. The molecule has 0 fully saturated rings. The second-order valence-corrected chi connectivity index (χ2v) is 8.25. The lowest BCUT2D eigenvalue weighted by Crippen LogP contribution is -2.36. The molecule has 3 aromatic carbocycles. The summed E-state index contributed by atoms with van der Waals surface area (Å²) >= 11 is 6.16. The predicted octanol–water partition coefficient (Wildman–Crippen LogP) is 4.17. The van der Waals surface area contributed by atoms with Crippen molar-refractivity contribution in [3.05, 3.63) is 71.2 Å². The fourth-order valence-corrected chi connectivity index (χ4v) is 4.47. The van der Waals surface area contributed by atoms with E-state index in [4.69, 9.17) is 16.3 Å². The third kappa shape index (κ3) is 3.77. The lowest BCUT2D eigenvalue weighted by atomic mass is 10.1. The van der Waals surface area contributed by atoms with Gasteiger partial charge in [0.2, 0.25) is 0 Å². The zero-order valence-corrected chi connectivity index (χ0v) is 16.4. The molecule has 0 saturated heterocycles. The minimum atomic E-state index is -4.02. The van der Waals surface area contributed by atoms with Gasteiger partial charge in [0.15, 0.2) is 0 Å². The van der Waals surface area contributed by atoms with Crippen LogP contribution in [0.3, 0.4) is 0 Å². The summed E-state index contributed by atoms with van der Waals surface area (Å²) in [7, 11) is -2.80. The first kappa shape index (κ1) is 19.2. The smallest absolute Gasteiger partial charge is 0.326 e. The van der Waals surface area contributed by atoms with E-state index in [0.29, 0.717) is 16.3 Å². The maximum atomic E-state index is 13.4. The fourth-order valence-electron chi connectivity index (χ4n) is 2.80. The van der Waals surface area contributed by atoms with E-state index < -0.39 is 22.5 Å². The third-order valence-electron chi connectivity index (χ3n) is 4.32. The number of halogens is 1. The topological polar surface area (TPSA) is 63.7 Å². The summed E-state index contributed by atoms with van der Waals surface area (Å²) in [5.74, 6) is -0.668. The second-order valence-electron chi connectivity index (χ2n) is 5.98. The monoisotopic (exact) mass is 403 g/mol. The van der Waals surface area contributed by atoms with Crippen LogP contribution in [0.2, 0.25) is 5.02 Å². The Morgan fingerprint density at radius 2 is 1.74 bits per heavy atom. The summed E-state index contributed by atoms with van der Waals surface area (Å²) in [5, 5.41) is 2.13. The van der Waals surface area contributed by atoms with E-state index in [-0.39, 0.29) is 4.90 Å². The minimum absolute atomic E-state index is 0.0875. The van der Waals surface area contributed by atoms with E-state index in [1.165, 1.54) is 13.2 Å². The molecular weight excluding hydrogens is 386 g/mol. The Hall–Kier alpha value is -2.57. The number of esters is 1. The van der Waals surface area contributed by atoms with Gasteiger partial charge in [-0.15, -0.1) is 0 Å². The van der Waals surface area contributed by atoms with Crippen LogP contribution in [0.5, 0.6) is 0 Å². The van der Waals surface area contributed by atoms with E-state index in [0.717, 1.165) is 15.1 Å². The quantitative estimate of drug-likeness (QED) is 0.600. The average Bonchev–Trinajstić information content (AvgIpc) is 2.67. The van der Waals surface area contributed by atoms with Crippen molar-refractivity contribution in [3.8, 4) is 0 Å². The lowest BCUT2D eigenvalue weighted by Gasteiger charge is -2.25. The van der Waals surface area contributed by atoms with Gasteiger partial charge in [-0.1, -0.05) is 48.0 Å². The predicted molar refractivity (Wildman–Crippen MR) is 107 cm³/mol. The van der Waals surface area contributed by atoms with Crippen molar-refractivity contribution in [1.82, 2.24) is 0 Å². The van der Waals surface area contributed by atoms with Gasteiger partial charge < -0.3 is 4.74 Å².